The first-order valence-electron chi connectivity index (χ1n) is 19.1. The topological polar surface area (TPSA) is 83.8 Å². The third-order valence-electron chi connectivity index (χ3n) is 10.2. The number of nitro benzene ring substituents is 1. The molecule has 1 aromatic rings. The molecule has 0 aliphatic rings. The van der Waals surface area contributed by atoms with Crippen molar-refractivity contribution >= 4 is 21.4 Å². The van der Waals surface area contributed by atoms with Gasteiger partial charge in [0.15, 0.2) is 0 Å². The van der Waals surface area contributed by atoms with Gasteiger partial charge in [0.05, 0.1) is 9.82 Å². The van der Waals surface area contributed by atoms with Crippen molar-refractivity contribution in [3.8, 4) is 0 Å². The predicted octanol–water partition coefficient (Wildman–Crippen LogP) is 11.3. The van der Waals surface area contributed by atoms with Gasteiger partial charge in [0.25, 0.3) is 5.69 Å². The number of anilines is 1. The van der Waals surface area contributed by atoms with E-state index in [1.165, 1.54) is 6.07 Å². The summed E-state index contributed by atoms with van der Waals surface area (Å²) >= 11 is 0. The summed E-state index contributed by atoms with van der Waals surface area (Å²) in [7, 11) is -3.93. The van der Waals surface area contributed by atoms with Crippen molar-refractivity contribution in [3.63, 3.8) is 0 Å². The van der Waals surface area contributed by atoms with Gasteiger partial charge in [0.1, 0.15) is 5.69 Å². The quantitative estimate of drug-likeness (QED) is 0.0657. The zero-order chi connectivity index (χ0) is 34.5. The number of benzene rings is 1. The second-order valence-corrected chi connectivity index (χ2v) is 15.7. The van der Waals surface area contributed by atoms with E-state index < -0.39 is 10.0 Å². The van der Waals surface area contributed by atoms with Crippen molar-refractivity contribution < 1.29 is 13.3 Å². The van der Waals surface area contributed by atoms with Crippen LogP contribution < -0.4 is 4.90 Å². The highest BCUT2D eigenvalue weighted by atomic mass is 32.2. The van der Waals surface area contributed by atoms with Gasteiger partial charge in [-0.3, -0.25) is 10.1 Å². The molecule has 0 saturated carbocycles. The van der Waals surface area contributed by atoms with Crippen LogP contribution in [0.25, 0.3) is 0 Å². The van der Waals surface area contributed by atoms with Crippen molar-refractivity contribution in [1.82, 2.24) is 4.31 Å². The highest BCUT2D eigenvalue weighted by molar-refractivity contribution is 7.89. The summed E-state index contributed by atoms with van der Waals surface area (Å²) in [5, 5.41) is 12.7. The molecule has 0 heterocycles. The van der Waals surface area contributed by atoms with Gasteiger partial charge in [-0.1, -0.05) is 132 Å². The normalized spacial score (nSPS) is 14.7. The maximum atomic E-state index is 14.4. The van der Waals surface area contributed by atoms with Crippen LogP contribution in [-0.2, 0) is 10.0 Å². The lowest BCUT2D eigenvalue weighted by molar-refractivity contribution is -0.384. The Balaban J connectivity index is 3.66. The average molecular weight is 666 g/mol. The first-order valence-corrected chi connectivity index (χ1v) is 20.5. The Morgan fingerprint density at radius 1 is 0.630 bits per heavy atom. The van der Waals surface area contributed by atoms with Gasteiger partial charge < -0.3 is 4.90 Å². The smallest absolute Gasteiger partial charge is 0.293 e. The van der Waals surface area contributed by atoms with E-state index in [-0.39, 0.29) is 27.3 Å². The summed E-state index contributed by atoms with van der Waals surface area (Å²) < 4.78 is 30.5. The van der Waals surface area contributed by atoms with Crippen LogP contribution in [0.1, 0.15) is 158 Å². The van der Waals surface area contributed by atoms with E-state index in [1.807, 2.05) is 0 Å². The van der Waals surface area contributed by atoms with Crippen LogP contribution in [0, 0.1) is 33.8 Å². The maximum Gasteiger partial charge on any atom is 0.293 e. The number of sulfonamides is 1. The molecule has 268 valence electrons. The molecule has 4 atom stereocenters. The van der Waals surface area contributed by atoms with Crippen LogP contribution in [0.5, 0.6) is 0 Å². The highest BCUT2D eigenvalue weighted by Crippen LogP contribution is 2.35. The summed E-state index contributed by atoms with van der Waals surface area (Å²) in [5.74, 6) is 1.41. The first-order chi connectivity index (χ1) is 22.1. The Hall–Kier alpha value is -1.67. The number of rotatable bonds is 28. The van der Waals surface area contributed by atoms with E-state index >= 15 is 0 Å². The van der Waals surface area contributed by atoms with Gasteiger partial charge >= 0.3 is 0 Å². The predicted molar refractivity (Wildman–Crippen MR) is 197 cm³/mol. The minimum atomic E-state index is -3.93. The lowest BCUT2D eigenvalue weighted by atomic mass is 9.95. The molecule has 0 N–H and O–H groups in total. The molecule has 0 spiro atoms. The molecule has 1 aromatic carbocycles. The van der Waals surface area contributed by atoms with E-state index in [9.17, 15) is 18.5 Å². The summed E-state index contributed by atoms with van der Waals surface area (Å²) in [5.41, 5.74) is 0.469. The zero-order valence-electron chi connectivity index (χ0n) is 31.1. The SMILES string of the molecule is CCCC[C@@H](CC)CN(C[C@H](CC)CCCC)S(=O)(=O)c1ccc(N(C[C@@H](CC)CCCC)C[C@@H](CC)CCCC)c([N+](=O)[O-])c1. The van der Waals surface area contributed by atoms with E-state index in [0.717, 1.165) is 116 Å². The number of nitro groups is 1. The van der Waals surface area contributed by atoms with Gasteiger partial charge in [-0.25, -0.2) is 8.42 Å². The third-order valence-corrected chi connectivity index (χ3v) is 12.0. The number of hydrogen-bond donors (Lipinski definition) is 0. The molecule has 0 aliphatic heterocycles. The van der Waals surface area contributed by atoms with Crippen molar-refractivity contribution in [2.24, 2.45) is 23.7 Å². The molecule has 1 rings (SSSR count). The Morgan fingerprint density at radius 3 is 1.33 bits per heavy atom. The highest BCUT2D eigenvalue weighted by Gasteiger charge is 2.32. The summed E-state index contributed by atoms with van der Waals surface area (Å²) in [6.45, 7) is 19.9. The molecule has 0 aliphatic carbocycles. The molecule has 0 amide bonds. The van der Waals surface area contributed by atoms with Crippen molar-refractivity contribution in [3.05, 3.63) is 28.3 Å². The molecule has 0 unspecified atom stereocenters. The second-order valence-electron chi connectivity index (χ2n) is 13.8. The van der Waals surface area contributed by atoms with Gasteiger partial charge in [-0.2, -0.15) is 4.31 Å². The van der Waals surface area contributed by atoms with Crippen LogP contribution in [0.2, 0.25) is 0 Å². The van der Waals surface area contributed by atoms with Crippen LogP contribution in [0.15, 0.2) is 23.1 Å². The lowest BCUT2D eigenvalue weighted by Crippen LogP contribution is -2.39. The van der Waals surface area contributed by atoms with Gasteiger partial charge in [-0.15, -0.1) is 0 Å². The fraction of sp³-hybridized carbons (Fsp3) is 0.842. The fourth-order valence-corrected chi connectivity index (χ4v) is 8.25. The Kier molecular flexibility index (Phi) is 21.7. The van der Waals surface area contributed by atoms with Crippen molar-refractivity contribution in [1.29, 1.82) is 0 Å². The van der Waals surface area contributed by atoms with E-state index in [2.05, 4.69) is 60.3 Å². The molecule has 8 heteroatoms. The van der Waals surface area contributed by atoms with Crippen molar-refractivity contribution in [2.45, 2.75) is 163 Å². The summed E-state index contributed by atoms with van der Waals surface area (Å²) in [6, 6.07) is 4.76. The molecule has 0 radical (unpaired) electrons. The maximum absolute atomic E-state index is 14.4. The van der Waals surface area contributed by atoms with Crippen molar-refractivity contribution in [2.75, 3.05) is 31.1 Å². The van der Waals surface area contributed by atoms with Crippen LogP contribution in [0.3, 0.4) is 0 Å². The van der Waals surface area contributed by atoms with Gasteiger partial charge in [0, 0.05) is 32.2 Å². The molecule has 0 fully saturated rings. The zero-order valence-corrected chi connectivity index (χ0v) is 31.9. The van der Waals surface area contributed by atoms with Crippen LogP contribution in [0.4, 0.5) is 11.4 Å². The molecule has 0 saturated heterocycles. The molecule has 7 nitrogen and oxygen atoms in total. The van der Waals surface area contributed by atoms with E-state index in [4.69, 9.17) is 0 Å². The molecule has 46 heavy (non-hydrogen) atoms. The third kappa shape index (κ3) is 14.2. The molecule has 0 bridgehead atoms. The lowest BCUT2D eigenvalue weighted by Gasteiger charge is -2.33. The number of unbranched alkanes of at least 4 members (excludes halogenated alkanes) is 4. The molecular weight excluding hydrogens is 595 g/mol. The molecule has 0 aromatic heterocycles. The number of nitrogens with zero attached hydrogens (tertiary/aromatic N) is 3. The fourth-order valence-electron chi connectivity index (χ4n) is 6.64. The van der Waals surface area contributed by atoms with E-state index in [1.54, 1.807) is 16.4 Å². The molecular formula is C38H71N3O4S. The Labute approximate surface area is 284 Å². The monoisotopic (exact) mass is 666 g/mol. The van der Waals surface area contributed by atoms with Crippen LogP contribution >= 0.6 is 0 Å². The Bertz CT molecular complexity index is 1030. The number of hydrogen-bond acceptors (Lipinski definition) is 5. The van der Waals surface area contributed by atoms with Gasteiger partial charge in [0.2, 0.25) is 10.0 Å². The standard InChI is InChI=1S/C38H71N3O4S/c1-9-17-21-32(13-5)28-39(29-33(14-6)22-18-10-2)37-26-25-36(27-38(37)41(42)43)46(44,45)40(30-34(15-7)23-19-11-3)31-35(16-8)24-20-12-4/h25-27,32-35H,9-24,28-31H2,1-8H3/t32-,33-,34+,35+/m0/s1. The largest absolute Gasteiger partial charge is 0.365 e. The van der Waals surface area contributed by atoms with Gasteiger partial charge in [-0.05, 0) is 61.5 Å². The summed E-state index contributed by atoms with van der Waals surface area (Å²) in [4.78, 5) is 14.6. The Morgan fingerprint density at radius 2 is 1.00 bits per heavy atom. The second kappa shape index (κ2) is 23.6. The summed E-state index contributed by atoms with van der Waals surface area (Å²) in [6.07, 6.45) is 16.9. The first kappa shape index (κ1) is 42.4. The average Bonchev–Trinajstić information content (AvgIpc) is 3.06. The minimum absolute atomic E-state index is 0.0506. The van der Waals surface area contributed by atoms with Crippen LogP contribution in [-0.4, -0.2) is 43.8 Å². The van der Waals surface area contributed by atoms with E-state index in [0.29, 0.717) is 30.6 Å². The minimum Gasteiger partial charge on any atom is -0.365 e.